The molecule has 3 aliphatic rings. The van der Waals surface area contributed by atoms with Gasteiger partial charge in [-0.05, 0) is 41.8 Å². The highest BCUT2D eigenvalue weighted by Crippen LogP contribution is 2.43. The molecule has 26 heavy (non-hydrogen) atoms. The SMILES string of the molecule is O=C1c2cccc3cccc(c23)N1C[NH+]1CCc2sccc2[C@@H]1C1CC1. The standard InChI is InChI=1S/C22H20N2OS/c25-22-17-5-1-3-14-4-2-6-18(20(14)17)24(22)13-23-11-9-19-16(10-12-26-19)21(23)15-7-8-15/h1-6,10,12,15,21H,7-9,11,13H2/p+1/t21-/m0/s1. The van der Waals surface area contributed by atoms with Gasteiger partial charge in [0.2, 0.25) is 0 Å². The summed E-state index contributed by atoms with van der Waals surface area (Å²) in [5.74, 6) is 0.976. The first-order valence-electron chi connectivity index (χ1n) is 9.56. The van der Waals surface area contributed by atoms with E-state index in [-0.39, 0.29) is 5.91 Å². The van der Waals surface area contributed by atoms with Crippen LogP contribution < -0.4 is 9.80 Å². The lowest BCUT2D eigenvalue weighted by molar-refractivity contribution is -0.935. The number of amides is 1. The van der Waals surface area contributed by atoms with Gasteiger partial charge in [-0.1, -0.05) is 24.3 Å². The number of rotatable bonds is 3. The fourth-order valence-corrected chi connectivity index (χ4v) is 5.94. The number of nitrogens with one attached hydrogen (secondary N) is 1. The van der Waals surface area contributed by atoms with Gasteiger partial charge in [0.25, 0.3) is 5.91 Å². The van der Waals surface area contributed by atoms with Crippen molar-refractivity contribution < 1.29 is 9.69 Å². The molecule has 3 nitrogen and oxygen atoms in total. The lowest BCUT2D eigenvalue weighted by Gasteiger charge is -2.35. The molecule has 2 aliphatic heterocycles. The Labute approximate surface area is 156 Å². The van der Waals surface area contributed by atoms with E-state index in [4.69, 9.17) is 0 Å². The molecule has 0 radical (unpaired) electrons. The molecule has 6 rings (SSSR count). The molecule has 0 bridgehead atoms. The van der Waals surface area contributed by atoms with E-state index < -0.39 is 0 Å². The van der Waals surface area contributed by atoms with Crippen LogP contribution in [-0.4, -0.2) is 19.1 Å². The molecular weight excluding hydrogens is 340 g/mol. The van der Waals surface area contributed by atoms with Gasteiger partial charge in [-0.15, -0.1) is 11.3 Å². The van der Waals surface area contributed by atoms with Crippen LogP contribution in [0.5, 0.6) is 0 Å². The summed E-state index contributed by atoms with van der Waals surface area (Å²) < 4.78 is 0. The molecule has 4 heteroatoms. The normalized spacial score (nSPS) is 24.3. The molecule has 3 heterocycles. The molecular formula is C22H21N2OS+. The van der Waals surface area contributed by atoms with Crippen LogP contribution in [0.15, 0.2) is 47.8 Å². The highest BCUT2D eigenvalue weighted by molar-refractivity contribution is 7.10. The number of thiophene rings is 1. The summed E-state index contributed by atoms with van der Waals surface area (Å²) in [5.41, 5.74) is 3.52. The number of fused-ring (bicyclic) bond motifs is 1. The van der Waals surface area contributed by atoms with Crippen molar-refractivity contribution in [1.82, 2.24) is 0 Å². The van der Waals surface area contributed by atoms with E-state index in [1.165, 1.54) is 18.2 Å². The van der Waals surface area contributed by atoms with Gasteiger partial charge >= 0.3 is 0 Å². The fourth-order valence-electron chi connectivity index (χ4n) is 5.01. The molecule has 2 aromatic carbocycles. The predicted octanol–water partition coefficient (Wildman–Crippen LogP) is 3.41. The van der Waals surface area contributed by atoms with Crippen molar-refractivity contribution in [2.24, 2.45) is 5.92 Å². The van der Waals surface area contributed by atoms with Crippen LogP contribution in [0, 0.1) is 5.92 Å². The summed E-state index contributed by atoms with van der Waals surface area (Å²) in [5, 5.41) is 4.56. The largest absolute Gasteiger partial charge is 0.311 e. The summed E-state index contributed by atoms with van der Waals surface area (Å²) in [6, 6.07) is 15.3. The van der Waals surface area contributed by atoms with Crippen molar-refractivity contribution >= 4 is 33.7 Å². The monoisotopic (exact) mass is 361 g/mol. The van der Waals surface area contributed by atoms with Gasteiger partial charge in [-0.3, -0.25) is 9.69 Å². The first kappa shape index (κ1) is 14.9. The minimum Gasteiger partial charge on any atom is -0.311 e. The smallest absolute Gasteiger partial charge is 0.263 e. The third-order valence-electron chi connectivity index (χ3n) is 6.33. The molecule has 1 unspecified atom stereocenters. The number of carbonyl (C=O) groups excluding carboxylic acids is 1. The number of benzene rings is 2. The van der Waals surface area contributed by atoms with Crippen molar-refractivity contribution in [1.29, 1.82) is 0 Å². The topological polar surface area (TPSA) is 24.8 Å². The molecule has 3 aromatic rings. The number of nitrogens with zero attached hydrogens (tertiary/aromatic N) is 1. The van der Waals surface area contributed by atoms with E-state index >= 15 is 0 Å². The minimum absolute atomic E-state index is 0.176. The average Bonchev–Trinajstić information content (AvgIpc) is 3.33. The van der Waals surface area contributed by atoms with E-state index in [9.17, 15) is 4.79 Å². The zero-order valence-corrected chi connectivity index (χ0v) is 15.4. The Kier molecular flexibility index (Phi) is 3.11. The summed E-state index contributed by atoms with van der Waals surface area (Å²) in [7, 11) is 0. The van der Waals surface area contributed by atoms with Gasteiger partial charge in [0.1, 0.15) is 6.04 Å². The highest BCUT2D eigenvalue weighted by atomic mass is 32.1. The van der Waals surface area contributed by atoms with Crippen molar-refractivity contribution in [2.45, 2.75) is 25.3 Å². The molecule has 0 saturated heterocycles. The molecule has 1 saturated carbocycles. The second-order valence-corrected chi connectivity index (χ2v) is 8.85. The van der Waals surface area contributed by atoms with Crippen LogP contribution in [0.3, 0.4) is 0 Å². The maximum absolute atomic E-state index is 13.2. The van der Waals surface area contributed by atoms with Crippen molar-refractivity contribution in [3.63, 3.8) is 0 Å². The second kappa shape index (κ2) is 5.41. The van der Waals surface area contributed by atoms with Crippen LogP contribution >= 0.6 is 11.3 Å². The predicted molar refractivity (Wildman–Crippen MR) is 105 cm³/mol. The Bertz CT molecular complexity index is 1030. The zero-order valence-electron chi connectivity index (χ0n) is 14.6. The number of anilines is 1. The Morgan fingerprint density at radius 2 is 1.96 bits per heavy atom. The minimum atomic E-state index is 0.176. The number of hydrogen-bond donors (Lipinski definition) is 1. The van der Waals surface area contributed by atoms with E-state index in [1.807, 2.05) is 28.4 Å². The van der Waals surface area contributed by atoms with Gasteiger partial charge in [-0.2, -0.15) is 0 Å². The van der Waals surface area contributed by atoms with E-state index in [1.54, 1.807) is 15.3 Å². The maximum Gasteiger partial charge on any atom is 0.263 e. The van der Waals surface area contributed by atoms with Gasteiger partial charge in [0.15, 0.2) is 6.67 Å². The van der Waals surface area contributed by atoms with E-state index in [2.05, 4.69) is 35.7 Å². The lowest BCUT2D eigenvalue weighted by Crippen LogP contribution is -3.15. The first-order chi connectivity index (χ1) is 12.8. The highest BCUT2D eigenvalue weighted by Gasteiger charge is 2.45. The molecule has 1 aromatic heterocycles. The Balaban J connectivity index is 1.39. The average molecular weight is 361 g/mol. The van der Waals surface area contributed by atoms with E-state index in [0.717, 1.165) is 42.2 Å². The molecule has 1 amide bonds. The quantitative estimate of drug-likeness (QED) is 0.760. The fraction of sp³-hybridized carbons (Fsp3) is 0.318. The molecule has 1 fully saturated rings. The third kappa shape index (κ3) is 2.06. The van der Waals surface area contributed by atoms with Crippen LogP contribution in [0.2, 0.25) is 0 Å². The molecule has 0 spiro atoms. The maximum atomic E-state index is 13.2. The number of hydrogen-bond acceptors (Lipinski definition) is 2. The van der Waals surface area contributed by atoms with Gasteiger partial charge in [-0.25, -0.2) is 0 Å². The summed E-state index contributed by atoms with van der Waals surface area (Å²) in [6.07, 6.45) is 3.82. The zero-order chi connectivity index (χ0) is 17.3. The van der Waals surface area contributed by atoms with Crippen LogP contribution in [-0.2, 0) is 6.42 Å². The van der Waals surface area contributed by atoms with Crippen molar-refractivity contribution in [3.05, 3.63) is 63.8 Å². The Hall–Kier alpha value is -2.17. The molecule has 2 atom stereocenters. The Morgan fingerprint density at radius 1 is 1.12 bits per heavy atom. The van der Waals surface area contributed by atoms with Gasteiger partial charge in [0.05, 0.1) is 17.8 Å². The third-order valence-corrected chi connectivity index (χ3v) is 7.33. The van der Waals surface area contributed by atoms with Gasteiger partial charge in [0, 0.05) is 28.2 Å². The summed E-state index contributed by atoms with van der Waals surface area (Å²) in [4.78, 5) is 18.3. The summed E-state index contributed by atoms with van der Waals surface area (Å²) in [6.45, 7) is 1.91. The van der Waals surface area contributed by atoms with Crippen LogP contribution in [0.4, 0.5) is 5.69 Å². The molecule has 1 aliphatic carbocycles. The van der Waals surface area contributed by atoms with Crippen molar-refractivity contribution in [2.75, 3.05) is 18.1 Å². The number of quaternary nitrogens is 1. The van der Waals surface area contributed by atoms with Gasteiger partial charge < -0.3 is 4.90 Å². The number of carbonyl (C=O) groups is 1. The summed E-state index contributed by atoms with van der Waals surface area (Å²) >= 11 is 1.91. The van der Waals surface area contributed by atoms with E-state index in [0.29, 0.717) is 6.04 Å². The van der Waals surface area contributed by atoms with Crippen molar-refractivity contribution in [3.8, 4) is 0 Å². The molecule has 1 N–H and O–H groups in total. The van der Waals surface area contributed by atoms with Crippen LogP contribution in [0.25, 0.3) is 10.8 Å². The first-order valence-corrected chi connectivity index (χ1v) is 10.4. The molecule has 130 valence electrons. The second-order valence-electron chi connectivity index (χ2n) is 7.84. The Morgan fingerprint density at radius 3 is 2.81 bits per heavy atom. The van der Waals surface area contributed by atoms with Crippen LogP contribution in [0.1, 0.15) is 39.7 Å². The lowest BCUT2D eigenvalue weighted by atomic mass is 9.96.